The summed E-state index contributed by atoms with van der Waals surface area (Å²) in [5, 5.41) is 13.6. The molecular weight excluding hydrogens is 267 g/mol. The Kier molecular flexibility index (Phi) is 3.44. The average molecular weight is 278 g/mol. The summed E-state index contributed by atoms with van der Waals surface area (Å²) in [6.45, 7) is 0.211. The van der Waals surface area contributed by atoms with Crippen LogP contribution in [0.3, 0.4) is 0 Å². The predicted octanol–water partition coefficient (Wildman–Crippen LogP) is 3.00. The normalized spacial score (nSPS) is 10.3. The fraction of sp³-hybridized carbons (Fsp3) is 0.0625. The van der Waals surface area contributed by atoms with E-state index in [0.717, 1.165) is 0 Å². The molecule has 0 radical (unpaired) electrons. The van der Waals surface area contributed by atoms with Crippen LogP contribution in [0.1, 0.15) is 11.3 Å². The minimum atomic E-state index is -0.309. The lowest BCUT2D eigenvalue weighted by molar-refractivity contribution is 0.583. The van der Waals surface area contributed by atoms with Gasteiger partial charge in [0.1, 0.15) is 23.3 Å². The van der Waals surface area contributed by atoms with Crippen LogP contribution in [0.15, 0.2) is 54.7 Å². The Morgan fingerprint density at radius 1 is 1.10 bits per heavy atom. The van der Waals surface area contributed by atoms with Gasteiger partial charge in [0.2, 0.25) is 0 Å². The van der Waals surface area contributed by atoms with Gasteiger partial charge in [-0.25, -0.2) is 9.07 Å². The van der Waals surface area contributed by atoms with Crippen molar-refractivity contribution in [1.82, 2.24) is 14.8 Å². The van der Waals surface area contributed by atoms with E-state index >= 15 is 0 Å². The molecule has 3 aromatic rings. The molecule has 0 spiro atoms. The van der Waals surface area contributed by atoms with Gasteiger partial charge in [-0.2, -0.15) is 10.4 Å². The molecule has 0 saturated carbocycles. The summed E-state index contributed by atoms with van der Waals surface area (Å²) >= 11 is 0. The van der Waals surface area contributed by atoms with Crippen LogP contribution in [0.4, 0.5) is 4.39 Å². The molecule has 1 aromatic carbocycles. The maximum atomic E-state index is 13.7. The van der Waals surface area contributed by atoms with Gasteiger partial charge in [0.05, 0.1) is 12.2 Å². The van der Waals surface area contributed by atoms with Crippen LogP contribution in [-0.2, 0) is 6.54 Å². The molecular formula is C16H11FN4. The highest BCUT2D eigenvalue weighted by atomic mass is 19.1. The SMILES string of the molecule is N#Cc1cc(-c2ccccn2)nn1Cc1ccccc1F. The Balaban J connectivity index is 1.98. The molecule has 5 heteroatoms. The Hall–Kier alpha value is -3.00. The zero-order valence-corrected chi connectivity index (χ0v) is 11.1. The average Bonchev–Trinajstić information content (AvgIpc) is 2.93. The summed E-state index contributed by atoms with van der Waals surface area (Å²) in [6.07, 6.45) is 1.66. The van der Waals surface area contributed by atoms with E-state index in [1.807, 2.05) is 18.2 Å². The van der Waals surface area contributed by atoms with E-state index in [1.54, 1.807) is 30.5 Å². The fourth-order valence-corrected chi connectivity index (χ4v) is 2.05. The molecule has 0 saturated heterocycles. The van der Waals surface area contributed by atoms with Gasteiger partial charge in [-0.1, -0.05) is 24.3 Å². The summed E-state index contributed by atoms with van der Waals surface area (Å²) in [4.78, 5) is 4.20. The van der Waals surface area contributed by atoms with Gasteiger partial charge in [0.15, 0.2) is 0 Å². The van der Waals surface area contributed by atoms with Gasteiger partial charge in [-0.05, 0) is 18.2 Å². The van der Waals surface area contributed by atoms with Crippen LogP contribution in [0.5, 0.6) is 0 Å². The zero-order valence-electron chi connectivity index (χ0n) is 11.1. The van der Waals surface area contributed by atoms with E-state index in [2.05, 4.69) is 16.2 Å². The fourth-order valence-electron chi connectivity index (χ4n) is 2.05. The lowest BCUT2D eigenvalue weighted by Crippen LogP contribution is -2.06. The van der Waals surface area contributed by atoms with Crippen LogP contribution in [0, 0.1) is 17.1 Å². The zero-order chi connectivity index (χ0) is 14.7. The highest BCUT2D eigenvalue weighted by Gasteiger charge is 2.11. The molecule has 21 heavy (non-hydrogen) atoms. The van der Waals surface area contributed by atoms with Crippen molar-refractivity contribution in [2.75, 3.05) is 0 Å². The van der Waals surface area contributed by atoms with Crippen molar-refractivity contribution in [3.05, 3.63) is 71.8 Å². The Bertz CT molecular complexity index is 803. The van der Waals surface area contributed by atoms with E-state index in [1.165, 1.54) is 10.7 Å². The first-order valence-corrected chi connectivity index (χ1v) is 6.40. The number of aromatic nitrogens is 3. The monoisotopic (exact) mass is 278 g/mol. The number of rotatable bonds is 3. The molecule has 4 nitrogen and oxygen atoms in total. The lowest BCUT2D eigenvalue weighted by Gasteiger charge is -2.04. The molecule has 0 atom stereocenters. The number of halogens is 1. The van der Waals surface area contributed by atoms with Gasteiger partial charge in [-0.3, -0.25) is 4.98 Å². The second-order valence-electron chi connectivity index (χ2n) is 4.49. The third-order valence-corrected chi connectivity index (χ3v) is 3.10. The molecule has 2 aromatic heterocycles. The summed E-state index contributed by atoms with van der Waals surface area (Å²) in [5.41, 5.74) is 2.15. The summed E-state index contributed by atoms with van der Waals surface area (Å²) < 4.78 is 15.2. The van der Waals surface area contributed by atoms with Crippen LogP contribution < -0.4 is 0 Å². The topological polar surface area (TPSA) is 54.5 Å². The summed E-state index contributed by atoms with van der Waals surface area (Å²) in [7, 11) is 0. The summed E-state index contributed by atoms with van der Waals surface area (Å²) in [5.74, 6) is -0.309. The first-order chi connectivity index (χ1) is 10.3. The van der Waals surface area contributed by atoms with E-state index in [9.17, 15) is 9.65 Å². The second kappa shape index (κ2) is 5.55. The molecule has 102 valence electrons. The summed E-state index contributed by atoms with van der Waals surface area (Å²) in [6, 6.07) is 15.7. The van der Waals surface area contributed by atoms with E-state index in [-0.39, 0.29) is 12.4 Å². The Morgan fingerprint density at radius 2 is 1.90 bits per heavy atom. The van der Waals surface area contributed by atoms with Crippen molar-refractivity contribution >= 4 is 0 Å². The van der Waals surface area contributed by atoms with Gasteiger partial charge < -0.3 is 0 Å². The molecule has 0 bridgehead atoms. The van der Waals surface area contributed by atoms with Gasteiger partial charge in [0.25, 0.3) is 0 Å². The minimum absolute atomic E-state index is 0.211. The second-order valence-corrected chi connectivity index (χ2v) is 4.49. The van der Waals surface area contributed by atoms with Crippen molar-refractivity contribution in [3.63, 3.8) is 0 Å². The molecule has 0 amide bonds. The van der Waals surface area contributed by atoms with E-state index in [0.29, 0.717) is 22.6 Å². The van der Waals surface area contributed by atoms with Gasteiger partial charge >= 0.3 is 0 Å². The predicted molar refractivity (Wildman–Crippen MR) is 75.7 cm³/mol. The van der Waals surface area contributed by atoms with Crippen LogP contribution >= 0.6 is 0 Å². The largest absolute Gasteiger partial charge is 0.255 e. The smallest absolute Gasteiger partial charge is 0.139 e. The van der Waals surface area contributed by atoms with Crippen molar-refractivity contribution in [3.8, 4) is 17.5 Å². The highest BCUT2D eigenvalue weighted by Crippen LogP contribution is 2.17. The maximum Gasteiger partial charge on any atom is 0.139 e. The van der Waals surface area contributed by atoms with Crippen molar-refractivity contribution in [2.45, 2.75) is 6.54 Å². The lowest BCUT2D eigenvalue weighted by atomic mass is 10.2. The highest BCUT2D eigenvalue weighted by molar-refractivity contribution is 5.55. The first-order valence-electron chi connectivity index (χ1n) is 6.40. The van der Waals surface area contributed by atoms with Crippen molar-refractivity contribution in [1.29, 1.82) is 5.26 Å². The number of hydrogen-bond donors (Lipinski definition) is 0. The molecule has 0 aliphatic heterocycles. The number of pyridine rings is 1. The van der Waals surface area contributed by atoms with Gasteiger partial charge in [0, 0.05) is 17.8 Å². The third-order valence-electron chi connectivity index (χ3n) is 3.10. The van der Waals surface area contributed by atoms with Crippen LogP contribution in [-0.4, -0.2) is 14.8 Å². The Labute approximate surface area is 121 Å². The number of nitrogens with zero attached hydrogens (tertiary/aromatic N) is 4. The third kappa shape index (κ3) is 2.65. The van der Waals surface area contributed by atoms with Gasteiger partial charge in [-0.15, -0.1) is 0 Å². The number of benzene rings is 1. The molecule has 0 N–H and O–H groups in total. The maximum absolute atomic E-state index is 13.7. The van der Waals surface area contributed by atoms with Crippen molar-refractivity contribution in [2.24, 2.45) is 0 Å². The Morgan fingerprint density at radius 3 is 2.62 bits per heavy atom. The molecule has 0 aliphatic rings. The minimum Gasteiger partial charge on any atom is -0.255 e. The first kappa shape index (κ1) is 13.0. The standard InChI is InChI=1S/C16H11FN4/c17-14-6-2-1-5-12(14)11-21-13(10-18)9-16(20-21)15-7-3-4-8-19-15/h1-9H,11H2. The van der Waals surface area contributed by atoms with E-state index in [4.69, 9.17) is 0 Å². The molecule has 2 heterocycles. The van der Waals surface area contributed by atoms with Crippen LogP contribution in [0.2, 0.25) is 0 Å². The number of hydrogen-bond acceptors (Lipinski definition) is 3. The molecule has 0 fully saturated rings. The number of nitriles is 1. The van der Waals surface area contributed by atoms with E-state index < -0.39 is 0 Å². The molecule has 0 aliphatic carbocycles. The van der Waals surface area contributed by atoms with Crippen LogP contribution in [0.25, 0.3) is 11.4 Å². The molecule has 0 unspecified atom stereocenters. The quantitative estimate of drug-likeness (QED) is 0.740. The van der Waals surface area contributed by atoms with Crippen molar-refractivity contribution < 1.29 is 4.39 Å². The molecule has 3 rings (SSSR count).